The summed E-state index contributed by atoms with van der Waals surface area (Å²) >= 11 is 0. The van der Waals surface area contributed by atoms with Crippen LogP contribution >= 0.6 is 0 Å². The fourth-order valence-electron chi connectivity index (χ4n) is 1.83. The summed E-state index contributed by atoms with van der Waals surface area (Å²) in [5, 5.41) is 3.25. The highest BCUT2D eigenvalue weighted by Crippen LogP contribution is 2.31. The molecule has 1 rings (SSSR count). The first-order chi connectivity index (χ1) is 5.75. The molecule has 1 N–H and O–H groups in total. The van der Waals surface area contributed by atoms with Gasteiger partial charge in [-0.05, 0) is 19.4 Å². The van der Waals surface area contributed by atoms with E-state index in [1.165, 1.54) is 0 Å². The van der Waals surface area contributed by atoms with Gasteiger partial charge in [0.1, 0.15) is 5.78 Å². The molecule has 2 heteroatoms. The van der Waals surface area contributed by atoms with Crippen molar-refractivity contribution in [3.8, 4) is 0 Å². The number of nitrogens with one attached hydrogen (secondary N) is 1. The zero-order valence-electron chi connectivity index (χ0n) is 7.73. The molecule has 0 bridgehead atoms. The lowest BCUT2D eigenvalue weighted by Crippen LogP contribution is -2.32. The van der Waals surface area contributed by atoms with E-state index in [0.29, 0.717) is 12.2 Å². The van der Waals surface area contributed by atoms with Gasteiger partial charge in [0.15, 0.2) is 0 Å². The number of carbonyl (C=O) groups is 1. The average Bonchev–Trinajstić information content (AvgIpc) is 2.54. The predicted octanol–water partition coefficient (Wildman–Crippen LogP) is 1.52. The van der Waals surface area contributed by atoms with Crippen molar-refractivity contribution in [1.82, 2.24) is 5.32 Å². The quantitative estimate of drug-likeness (QED) is 0.643. The van der Waals surface area contributed by atoms with Gasteiger partial charge in [-0.3, -0.25) is 4.79 Å². The summed E-state index contributed by atoms with van der Waals surface area (Å²) in [7, 11) is 0. The van der Waals surface area contributed by atoms with Crippen molar-refractivity contribution in [2.24, 2.45) is 5.41 Å². The Bertz CT molecular complexity index is 180. The Morgan fingerprint density at radius 2 is 2.50 bits per heavy atom. The van der Waals surface area contributed by atoms with Gasteiger partial charge in [0.2, 0.25) is 0 Å². The van der Waals surface area contributed by atoms with Crippen molar-refractivity contribution < 1.29 is 4.79 Å². The maximum atomic E-state index is 11.7. The molecule has 0 saturated carbocycles. The standard InChI is InChI=1S/C10H17NO/c1-3-5-9(12)10(4-2)6-7-11-8-10/h3,11H,1,4-8H2,2H3. The summed E-state index contributed by atoms with van der Waals surface area (Å²) in [6.45, 7) is 7.53. The number of ketones is 1. The van der Waals surface area contributed by atoms with Crippen LogP contribution in [0.1, 0.15) is 26.2 Å². The molecule has 1 saturated heterocycles. The molecule has 1 aliphatic heterocycles. The van der Waals surface area contributed by atoms with Crippen molar-refractivity contribution >= 4 is 5.78 Å². The first-order valence-electron chi connectivity index (χ1n) is 4.60. The molecule has 0 aromatic carbocycles. The van der Waals surface area contributed by atoms with Crippen molar-refractivity contribution in [2.75, 3.05) is 13.1 Å². The molecule has 0 aromatic rings. The number of allylic oxidation sites excluding steroid dienone is 1. The third kappa shape index (κ3) is 1.58. The van der Waals surface area contributed by atoms with Crippen LogP contribution in [0.15, 0.2) is 12.7 Å². The second-order valence-electron chi connectivity index (χ2n) is 3.48. The second kappa shape index (κ2) is 3.85. The molecule has 1 fully saturated rings. The van der Waals surface area contributed by atoms with Crippen molar-refractivity contribution in [3.63, 3.8) is 0 Å². The lowest BCUT2D eigenvalue weighted by atomic mass is 9.79. The number of Topliss-reactive ketones (excluding diaryl/α,β-unsaturated/α-hetero) is 1. The van der Waals surface area contributed by atoms with Gasteiger partial charge in [-0.25, -0.2) is 0 Å². The first kappa shape index (κ1) is 9.46. The van der Waals surface area contributed by atoms with Crippen molar-refractivity contribution in [3.05, 3.63) is 12.7 Å². The second-order valence-corrected chi connectivity index (χ2v) is 3.48. The van der Waals surface area contributed by atoms with Crippen LogP contribution in [0.3, 0.4) is 0 Å². The van der Waals surface area contributed by atoms with Gasteiger partial charge in [0.25, 0.3) is 0 Å². The Morgan fingerprint density at radius 1 is 1.75 bits per heavy atom. The molecular formula is C10H17NO. The van der Waals surface area contributed by atoms with E-state index in [-0.39, 0.29) is 5.41 Å². The maximum absolute atomic E-state index is 11.7. The summed E-state index contributed by atoms with van der Waals surface area (Å²) in [6, 6.07) is 0. The van der Waals surface area contributed by atoms with Gasteiger partial charge in [0, 0.05) is 18.4 Å². The summed E-state index contributed by atoms with van der Waals surface area (Å²) in [5.74, 6) is 0.352. The molecule has 1 atom stereocenters. The van der Waals surface area contributed by atoms with E-state index < -0.39 is 0 Å². The number of hydrogen-bond donors (Lipinski definition) is 1. The molecule has 0 aromatic heterocycles. The van der Waals surface area contributed by atoms with Gasteiger partial charge >= 0.3 is 0 Å². The monoisotopic (exact) mass is 167 g/mol. The fraction of sp³-hybridized carbons (Fsp3) is 0.700. The third-order valence-electron chi connectivity index (χ3n) is 2.84. The molecule has 0 amide bonds. The molecule has 2 nitrogen and oxygen atoms in total. The SMILES string of the molecule is C=CCC(=O)C1(CC)CCNC1. The van der Waals surface area contributed by atoms with Gasteiger partial charge in [-0.15, -0.1) is 6.58 Å². The van der Waals surface area contributed by atoms with Crippen molar-refractivity contribution in [1.29, 1.82) is 0 Å². The Hall–Kier alpha value is -0.630. The Kier molecular flexibility index (Phi) is 3.04. The Labute approximate surface area is 74.0 Å². The highest BCUT2D eigenvalue weighted by molar-refractivity contribution is 5.86. The number of hydrogen-bond acceptors (Lipinski definition) is 2. The minimum Gasteiger partial charge on any atom is -0.316 e. The van der Waals surface area contributed by atoms with Crippen LogP contribution in [0.4, 0.5) is 0 Å². The minimum absolute atomic E-state index is 0.0752. The lowest BCUT2D eigenvalue weighted by Gasteiger charge is -2.23. The first-order valence-corrected chi connectivity index (χ1v) is 4.60. The van der Waals surface area contributed by atoms with E-state index in [9.17, 15) is 4.79 Å². The molecule has 1 unspecified atom stereocenters. The van der Waals surface area contributed by atoms with Crippen LogP contribution in [0, 0.1) is 5.41 Å². The largest absolute Gasteiger partial charge is 0.316 e. The van der Waals surface area contributed by atoms with E-state index in [1.54, 1.807) is 6.08 Å². The summed E-state index contributed by atoms with van der Waals surface area (Å²) in [5.41, 5.74) is -0.0752. The minimum atomic E-state index is -0.0752. The summed E-state index contributed by atoms with van der Waals surface area (Å²) in [6.07, 6.45) is 4.18. The zero-order chi connectivity index (χ0) is 9.03. The maximum Gasteiger partial charge on any atom is 0.144 e. The van der Waals surface area contributed by atoms with E-state index in [2.05, 4.69) is 18.8 Å². The van der Waals surface area contributed by atoms with Gasteiger partial charge in [0.05, 0.1) is 0 Å². The molecule has 1 heterocycles. The van der Waals surface area contributed by atoms with E-state index >= 15 is 0 Å². The highest BCUT2D eigenvalue weighted by atomic mass is 16.1. The predicted molar refractivity (Wildman–Crippen MR) is 50.0 cm³/mol. The normalized spacial score (nSPS) is 28.8. The summed E-state index contributed by atoms with van der Waals surface area (Å²) in [4.78, 5) is 11.7. The molecule has 0 radical (unpaired) electrons. The van der Waals surface area contributed by atoms with E-state index in [4.69, 9.17) is 0 Å². The Morgan fingerprint density at radius 3 is 2.92 bits per heavy atom. The average molecular weight is 167 g/mol. The fourth-order valence-corrected chi connectivity index (χ4v) is 1.83. The smallest absolute Gasteiger partial charge is 0.144 e. The van der Waals surface area contributed by atoms with Crippen LogP contribution < -0.4 is 5.32 Å². The zero-order valence-corrected chi connectivity index (χ0v) is 7.73. The topological polar surface area (TPSA) is 29.1 Å². The molecule has 0 aliphatic carbocycles. The van der Waals surface area contributed by atoms with Crippen LogP contribution in [0.5, 0.6) is 0 Å². The molecular weight excluding hydrogens is 150 g/mol. The third-order valence-corrected chi connectivity index (χ3v) is 2.84. The number of rotatable bonds is 4. The van der Waals surface area contributed by atoms with Crippen LogP contribution in [-0.2, 0) is 4.79 Å². The van der Waals surface area contributed by atoms with E-state index in [0.717, 1.165) is 25.9 Å². The van der Waals surface area contributed by atoms with Gasteiger partial charge < -0.3 is 5.32 Å². The molecule has 0 spiro atoms. The van der Waals surface area contributed by atoms with Gasteiger partial charge in [-0.2, -0.15) is 0 Å². The van der Waals surface area contributed by atoms with Crippen LogP contribution in [0.2, 0.25) is 0 Å². The highest BCUT2D eigenvalue weighted by Gasteiger charge is 2.37. The number of carbonyl (C=O) groups excluding carboxylic acids is 1. The molecule has 1 aliphatic rings. The van der Waals surface area contributed by atoms with Crippen LogP contribution in [0.25, 0.3) is 0 Å². The lowest BCUT2D eigenvalue weighted by molar-refractivity contribution is -0.127. The molecule has 68 valence electrons. The molecule has 12 heavy (non-hydrogen) atoms. The van der Waals surface area contributed by atoms with Gasteiger partial charge in [-0.1, -0.05) is 13.0 Å². The van der Waals surface area contributed by atoms with E-state index in [1.807, 2.05) is 0 Å². The van der Waals surface area contributed by atoms with Crippen LogP contribution in [-0.4, -0.2) is 18.9 Å². The Balaban J connectivity index is 2.65. The summed E-state index contributed by atoms with van der Waals surface area (Å²) < 4.78 is 0. The van der Waals surface area contributed by atoms with Crippen molar-refractivity contribution in [2.45, 2.75) is 26.2 Å².